The van der Waals surface area contributed by atoms with E-state index in [-0.39, 0.29) is 9.92 Å². The number of anilines is 2. The van der Waals surface area contributed by atoms with E-state index < -0.39 is 9.84 Å². The molecule has 0 spiro atoms. The number of benzene rings is 2. The maximum atomic E-state index is 12.8. The number of rotatable bonds is 5. The molecule has 3 aromatic heterocycles. The van der Waals surface area contributed by atoms with Crippen LogP contribution in [0.25, 0.3) is 21.9 Å². The Hall–Kier alpha value is -3.92. The molecule has 0 amide bonds. The van der Waals surface area contributed by atoms with E-state index in [9.17, 15) is 8.42 Å². The number of aromatic nitrogens is 5. The highest BCUT2D eigenvalue weighted by Gasteiger charge is 2.20. The molecule has 30 heavy (non-hydrogen) atoms. The van der Waals surface area contributed by atoms with Gasteiger partial charge in [-0.05, 0) is 24.3 Å². The molecule has 0 saturated carbocycles. The minimum Gasteiger partial charge on any atom is -0.494 e. The molecule has 0 aliphatic carbocycles. The molecule has 0 unspecified atom stereocenters. The molecule has 0 fully saturated rings. The van der Waals surface area contributed by atoms with Gasteiger partial charge < -0.3 is 15.0 Å². The molecule has 10 heteroatoms. The number of hydrogen-bond donors (Lipinski definition) is 3. The van der Waals surface area contributed by atoms with Gasteiger partial charge in [0, 0.05) is 23.0 Å². The van der Waals surface area contributed by atoms with E-state index in [4.69, 9.17) is 4.74 Å². The second-order valence-electron chi connectivity index (χ2n) is 6.58. The van der Waals surface area contributed by atoms with Crippen LogP contribution >= 0.6 is 0 Å². The Kier molecular flexibility index (Phi) is 4.14. The smallest absolute Gasteiger partial charge is 0.229 e. The predicted molar refractivity (Wildman–Crippen MR) is 112 cm³/mol. The van der Waals surface area contributed by atoms with Crippen LogP contribution in [0, 0.1) is 0 Å². The first-order chi connectivity index (χ1) is 14.5. The lowest BCUT2D eigenvalue weighted by Gasteiger charge is -2.10. The second kappa shape index (κ2) is 6.85. The van der Waals surface area contributed by atoms with Gasteiger partial charge in [-0.2, -0.15) is 10.1 Å². The fraction of sp³-hybridized carbons (Fsp3) is 0.0500. The maximum Gasteiger partial charge on any atom is 0.229 e. The number of sulfone groups is 1. The number of aromatic amines is 2. The average molecular weight is 420 g/mol. The molecule has 150 valence electrons. The summed E-state index contributed by atoms with van der Waals surface area (Å²) in [4.78, 5) is 11.8. The van der Waals surface area contributed by atoms with Crippen LogP contribution in [-0.2, 0) is 9.84 Å². The van der Waals surface area contributed by atoms with E-state index in [1.807, 2.05) is 12.1 Å². The Labute approximate surface area is 171 Å². The summed E-state index contributed by atoms with van der Waals surface area (Å²) in [5.74, 6) is 0.892. The maximum absolute atomic E-state index is 12.8. The molecule has 0 atom stereocenters. The minimum atomic E-state index is -3.68. The van der Waals surface area contributed by atoms with Crippen LogP contribution in [0.3, 0.4) is 0 Å². The van der Waals surface area contributed by atoms with Gasteiger partial charge in [0.2, 0.25) is 15.8 Å². The third-order valence-electron chi connectivity index (χ3n) is 4.70. The van der Waals surface area contributed by atoms with Crippen molar-refractivity contribution in [1.29, 1.82) is 0 Å². The van der Waals surface area contributed by atoms with Crippen molar-refractivity contribution in [2.75, 3.05) is 12.4 Å². The van der Waals surface area contributed by atoms with Crippen LogP contribution in [0.2, 0.25) is 0 Å². The highest BCUT2D eigenvalue weighted by Crippen LogP contribution is 2.31. The van der Waals surface area contributed by atoms with Crippen molar-refractivity contribution in [2.24, 2.45) is 0 Å². The first-order valence-corrected chi connectivity index (χ1v) is 10.5. The van der Waals surface area contributed by atoms with Crippen LogP contribution in [0.5, 0.6) is 5.75 Å². The van der Waals surface area contributed by atoms with Gasteiger partial charge in [-0.25, -0.2) is 13.4 Å². The normalized spacial score (nSPS) is 11.8. The van der Waals surface area contributed by atoms with Crippen molar-refractivity contribution < 1.29 is 13.2 Å². The summed E-state index contributed by atoms with van der Waals surface area (Å²) >= 11 is 0. The zero-order valence-electron chi connectivity index (χ0n) is 15.7. The Balaban J connectivity index is 1.52. The molecule has 3 N–H and O–H groups in total. The fourth-order valence-electron chi connectivity index (χ4n) is 3.18. The highest BCUT2D eigenvalue weighted by atomic mass is 32.2. The predicted octanol–water partition coefficient (Wildman–Crippen LogP) is 3.42. The lowest BCUT2D eigenvalue weighted by molar-refractivity contribution is 0.417. The Morgan fingerprint density at radius 3 is 2.67 bits per heavy atom. The van der Waals surface area contributed by atoms with Gasteiger partial charge in [0.05, 0.1) is 29.4 Å². The molecule has 0 aliphatic heterocycles. The van der Waals surface area contributed by atoms with Crippen LogP contribution in [0.1, 0.15) is 0 Å². The molecule has 0 saturated heterocycles. The number of H-pyrrole nitrogens is 2. The van der Waals surface area contributed by atoms with E-state index in [0.717, 1.165) is 10.9 Å². The van der Waals surface area contributed by atoms with E-state index in [0.29, 0.717) is 28.4 Å². The summed E-state index contributed by atoms with van der Waals surface area (Å²) in [5, 5.41) is 11.6. The van der Waals surface area contributed by atoms with Crippen LogP contribution in [0.4, 0.5) is 11.6 Å². The zero-order chi connectivity index (χ0) is 20.7. The number of hydrogen-bond acceptors (Lipinski definition) is 7. The molecule has 5 aromatic rings. The molecule has 0 radical (unpaired) electrons. The molecule has 0 bridgehead atoms. The summed E-state index contributed by atoms with van der Waals surface area (Å²) in [5.41, 5.74) is 1.91. The van der Waals surface area contributed by atoms with Crippen LogP contribution in [-0.4, -0.2) is 40.7 Å². The lowest BCUT2D eigenvalue weighted by atomic mass is 10.2. The first kappa shape index (κ1) is 18.1. The summed E-state index contributed by atoms with van der Waals surface area (Å²) in [7, 11) is -2.11. The van der Waals surface area contributed by atoms with Crippen molar-refractivity contribution in [3.8, 4) is 5.75 Å². The van der Waals surface area contributed by atoms with E-state index in [1.165, 1.54) is 6.07 Å². The zero-order valence-corrected chi connectivity index (χ0v) is 16.6. The minimum absolute atomic E-state index is 0.0625. The van der Waals surface area contributed by atoms with Crippen LogP contribution in [0.15, 0.2) is 70.8 Å². The SMILES string of the molecule is COc1cc2[nH]ncc2cc1Nc1ncc2cc(S(=O)(=O)c3ccccc3)[nH]c2n1. The number of nitrogens with one attached hydrogen (secondary N) is 3. The summed E-state index contributed by atoms with van der Waals surface area (Å²) in [6.45, 7) is 0. The summed E-state index contributed by atoms with van der Waals surface area (Å²) < 4.78 is 31.1. The van der Waals surface area contributed by atoms with Crippen molar-refractivity contribution in [2.45, 2.75) is 9.92 Å². The van der Waals surface area contributed by atoms with Gasteiger partial charge in [-0.15, -0.1) is 0 Å². The van der Waals surface area contributed by atoms with Gasteiger partial charge in [-0.1, -0.05) is 18.2 Å². The number of nitrogens with zero attached hydrogens (tertiary/aromatic N) is 3. The summed E-state index contributed by atoms with van der Waals surface area (Å²) in [6, 6.07) is 13.5. The monoisotopic (exact) mass is 420 g/mol. The van der Waals surface area contributed by atoms with E-state index >= 15 is 0 Å². The van der Waals surface area contributed by atoms with Crippen molar-refractivity contribution in [3.63, 3.8) is 0 Å². The molecule has 9 nitrogen and oxygen atoms in total. The standard InChI is InChI=1S/C20H16N6O3S/c1-29-17-9-15-12(11-22-26-15)7-16(17)23-20-21-10-13-8-18(24-19(13)25-20)30(27,28)14-5-3-2-4-6-14/h2-11H,1H3,(H,22,26)(H2,21,23,24,25). The molecular formula is C20H16N6O3S. The third kappa shape index (κ3) is 3.03. The second-order valence-corrected chi connectivity index (χ2v) is 8.50. The molecule has 3 heterocycles. The molecule has 5 rings (SSSR count). The first-order valence-electron chi connectivity index (χ1n) is 8.98. The van der Waals surface area contributed by atoms with Gasteiger partial charge in [0.15, 0.2) is 0 Å². The fourth-order valence-corrected chi connectivity index (χ4v) is 4.46. The van der Waals surface area contributed by atoms with Crippen LogP contribution < -0.4 is 10.1 Å². The largest absolute Gasteiger partial charge is 0.494 e. The topological polar surface area (TPSA) is 126 Å². The van der Waals surface area contributed by atoms with Crippen molar-refractivity contribution >= 4 is 43.4 Å². The Bertz CT molecular complexity index is 1470. The van der Waals surface area contributed by atoms with Gasteiger partial charge in [0.25, 0.3) is 0 Å². The molecular weight excluding hydrogens is 404 g/mol. The van der Waals surface area contributed by atoms with E-state index in [1.54, 1.807) is 49.8 Å². The van der Waals surface area contributed by atoms with Gasteiger partial charge in [-0.3, -0.25) is 5.10 Å². The number of ether oxygens (including phenoxy) is 1. The van der Waals surface area contributed by atoms with Gasteiger partial charge in [0.1, 0.15) is 16.4 Å². The molecule has 0 aliphatic rings. The Morgan fingerprint density at radius 2 is 1.87 bits per heavy atom. The van der Waals surface area contributed by atoms with Gasteiger partial charge >= 0.3 is 0 Å². The number of methoxy groups -OCH3 is 1. The summed E-state index contributed by atoms with van der Waals surface area (Å²) in [6.07, 6.45) is 3.27. The quantitative estimate of drug-likeness (QED) is 0.398. The average Bonchev–Trinajstić information content (AvgIpc) is 3.40. The number of fused-ring (bicyclic) bond motifs is 2. The van der Waals surface area contributed by atoms with E-state index in [2.05, 4.69) is 30.5 Å². The lowest BCUT2D eigenvalue weighted by Crippen LogP contribution is -2.02. The Morgan fingerprint density at radius 1 is 1.03 bits per heavy atom. The van der Waals surface area contributed by atoms with Crippen molar-refractivity contribution in [1.82, 2.24) is 25.1 Å². The highest BCUT2D eigenvalue weighted by molar-refractivity contribution is 7.91. The molecule has 2 aromatic carbocycles. The van der Waals surface area contributed by atoms with Crippen molar-refractivity contribution in [3.05, 3.63) is 60.9 Å². The third-order valence-corrected chi connectivity index (χ3v) is 6.39.